The van der Waals surface area contributed by atoms with Crippen molar-refractivity contribution in [3.63, 3.8) is 0 Å². The van der Waals surface area contributed by atoms with Gasteiger partial charge in [-0.2, -0.15) is 0 Å². The molecule has 0 spiro atoms. The van der Waals surface area contributed by atoms with Crippen LogP contribution in [-0.4, -0.2) is 42.6 Å². The molecule has 1 fully saturated rings. The van der Waals surface area contributed by atoms with Crippen LogP contribution < -0.4 is 5.73 Å². The van der Waals surface area contributed by atoms with E-state index in [9.17, 15) is 4.79 Å². The van der Waals surface area contributed by atoms with Crippen LogP contribution >= 0.6 is 0 Å². The van der Waals surface area contributed by atoms with Gasteiger partial charge >= 0.3 is 0 Å². The minimum Gasteiger partial charge on any atom is -0.378 e. The molecule has 0 radical (unpaired) electrons. The molecule has 1 amide bonds. The maximum Gasteiger partial charge on any atom is 0.224 e. The van der Waals surface area contributed by atoms with Crippen molar-refractivity contribution in [2.24, 2.45) is 5.73 Å². The highest BCUT2D eigenvalue weighted by molar-refractivity contribution is 5.76. The normalized spacial score (nSPS) is 19.8. The molecule has 0 aromatic heterocycles. The molecule has 1 rings (SSSR count). The number of ether oxygens (including phenoxy) is 1. The largest absolute Gasteiger partial charge is 0.378 e. The van der Waals surface area contributed by atoms with Crippen LogP contribution in [0.3, 0.4) is 0 Å². The zero-order valence-corrected chi connectivity index (χ0v) is 10.4. The Morgan fingerprint density at radius 1 is 1.44 bits per heavy atom. The zero-order valence-electron chi connectivity index (χ0n) is 10.4. The average molecular weight is 228 g/mol. The SMILES string of the molecule is CCOC1CCN(C(=O)CC(N)CC)CC1. The lowest BCUT2D eigenvalue weighted by Crippen LogP contribution is -2.42. The van der Waals surface area contributed by atoms with Crippen LogP contribution in [0.2, 0.25) is 0 Å². The van der Waals surface area contributed by atoms with E-state index in [1.54, 1.807) is 0 Å². The van der Waals surface area contributed by atoms with E-state index in [1.807, 2.05) is 18.7 Å². The van der Waals surface area contributed by atoms with Gasteiger partial charge < -0.3 is 15.4 Å². The van der Waals surface area contributed by atoms with E-state index in [0.717, 1.165) is 39.0 Å². The summed E-state index contributed by atoms with van der Waals surface area (Å²) in [5.74, 6) is 0.198. The monoisotopic (exact) mass is 228 g/mol. The van der Waals surface area contributed by atoms with Crippen molar-refractivity contribution in [2.75, 3.05) is 19.7 Å². The van der Waals surface area contributed by atoms with Crippen LogP contribution in [0.4, 0.5) is 0 Å². The van der Waals surface area contributed by atoms with Gasteiger partial charge in [-0.25, -0.2) is 0 Å². The number of nitrogens with zero attached hydrogens (tertiary/aromatic N) is 1. The average Bonchev–Trinajstić information content (AvgIpc) is 2.30. The first kappa shape index (κ1) is 13.5. The number of hydrogen-bond donors (Lipinski definition) is 1. The second-order valence-corrected chi connectivity index (χ2v) is 4.41. The van der Waals surface area contributed by atoms with Crippen molar-refractivity contribution < 1.29 is 9.53 Å². The van der Waals surface area contributed by atoms with Crippen molar-refractivity contribution in [2.45, 2.75) is 51.7 Å². The first-order valence-corrected chi connectivity index (χ1v) is 6.32. The Labute approximate surface area is 98.1 Å². The summed E-state index contributed by atoms with van der Waals surface area (Å²) >= 11 is 0. The van der Waals surface area contributed by atoms with Gasteiger partial charge in [-0.3, -0.25) is 4.79 Å². The second-order valence-electron chi connectivity index (χ2n) is 4.41. The first-order valence-electron chi connectivity index (χ1n) is 6.32. The molecule has 94 valence electrons. The van der Waals surface area contributed by atoms with Gasteiger partial charge in [0, 0.05) is 32.2 Å². The number of rotatable bonds is 5. The molecule has 0 aromatic rings. The number of hydrogen-bond acceptors (Lipinski definition) is 3. The van der Waals surface area contributed by atoms with Gasteiger partial charge in [0.15, 0.2) is 0 Å². The Morgan fingerprint density at radius 3 is 2.56 bits per heavy atom. The van der Waals surface area contributed by atoms with Gasteiger partial charge in [0.25, 0.3) is 0 Å². The van der Waals surface area contributed by atoms with Crippen molar-refractivity contribution in [1.29, 1.82) is 0 Å². The summed E-state index contributed by atoms with van der Waals surface area (Å²) in [7, 11) is 0. The maximum atomic E-state index is 11.8. The molecule has 4 heteroatoms. The Kier molecular flexibility index (Phi) is 5.77. The van der Waals surface area contributed by atoms with E-state index in [-0.39, 0.29) is 11.9 Å². The number of amides is 1. The smallest absolute Gasteiger partial charge is 0.224 e. The molecule has 1 saturated heterocycles. The fourth-order valence-corrected chi connectivity index (χ4v) is 2.01. The third-order valence-corrected chi connectivity index (χ3v) is 3.16. The molecule has 4 nitrogen and oxygen atoms in total. The zero-order chi connectivity index (χ0) is 12.0. The molecule has 0 aliphatic carbocycles. The highest BCUT2D eigenvalue weighted by Gasteiger charge is 2.23. The molecule has 0 aromatic carbocycles. The molecular weight excluding hydrogens is 204 g/mol. The number of piperidine rings is 1. The summed E-state index contributed by atoms with van der Waals surface area (Å²) in [6, 6.07) is 0.0112. The summed E-state index contributed by atoms with van der Waals surface area (Å²) in [5.41, 5.74) is 5.78. The molecule has 16 heavy (non-hydrogen) atoms. The first-order chi connectivity index (χ1) is 7.67. The lowest BCUT2D eigenvalue weighted by atomic mass is 10.1. The molecule has 0 saturated carbocycles. The van der Waals surface area contributed by atoms with Crippen molar-refractivity contribution in [3.05, 3.63) is 0 Å². The summed E-state index contributed by atoms with van der Waals surface area (Å²) in [6.45, 7) is 6.43. The van der Waals surface area contributed by atoms with Crippen molar-refractivity contribution in [3.8, 4) is 0 Å². The minimum atomic E-state index is 0.0112. The number of likely N-dealkylation sites (tertiary alicyclic amines) is 1. The van der Waals surface area contributed by atoms with Gasteiger partial charge in [-0.1, -0.05) is 6.92 Å². The van der Waals surface area contributed by atoms with E-state index in [2.05, 4.69) is 0 Å². The summed E-state index contributed by atoms with van der Waals surface area (Å²) in [6.07, 6.45) is 3.60. The minimum absolute atomic E-state index is 0.0112. The second kappa shape index (κ2) is 6.86. The van der Waals surface area contributed by atoms with E-state index in [0.29, 0.717) is 12.5 Å². The fraction of sp³-hybridized carbons (Fsp3) is 0.917. The van der Waals surface area contributed by atoms with Gasteiger partial charge in [0.05, 0.1) is 6.10 Å². The van der Waals surface area contributed by atoms with Crippen molar-refractivity contribution >= 4 is 5.91 Å². The van der Waals surface area contributed by atoms with E-state index in [4.69, 9.17) is 10.5 Å². The van der Waals surface area contributed by atoms with Crippen molar-refractivity contribution in [1.82, 2.24) is 4.90 Å². The lowest BCUT2D eigenvalue weighted by Gasteiger charge is -2.32. The Morgan fingerprint density at radius 2 is 2.06 bits per heavy atom. The van der Waals surface area contributed by atoms with Crippen LogP contribution in [0, 0.1) is 0 Å². The third-order valence-electron chi connectivity index (χ3n) is 3.16. The molecule has 2 N–H and O–H groups in total. The quantitative estimate of drug-likeness (QED) is 0.767. The van der Waals surface area contributed by atoms with Gasteiger partial charge in [-0.05, 0) is 26.2 Å². The third kappa shape index (κ3) is 4.10. The Hall–Kier alpha value is -0.610. The molecule has 1 unspecified atom stereocenters. The fourth-order valence-electron chi connectivity index (χ4n) is 2.01. The van der Waals surface area contributed by atoms with Crippen LogP contribution in [0.15, 0.2) is 0 Å². The predicted octanol–water partition coefficient (Wildman–Crippen LogP) is 1.14. The Balaban J connectivity index is 2.27. The highest BCUT2D eigenvalue weighted by Crippen LogP contribution is 2.14. The van der Waals surface area contributed by atoms with Crippen LogP contribution in [0.1, 0.15) is 39.5 Å². The topological polar surface area (TPSA) is 55.6 Å². The summed E-state index contributed by atoms with van der Waals surface area (Å²) < 4.78 is 5.55. The molecule has 1 aliphatic heterocycles. The Bertz CT molecular complexity index is 213. The van der Waals surface area contributed by atoms with Gasteiger partial charge in [-0.15, -0.1) is 0 Å². The maximum absolute atomic E-state index is 11.8. The molecule has 1 atom stereocenters. The van der Waals surface area contributed by atoms with E-state index >= 15 is 0 Å². The highest BCUT2D eigenvalue weighted by atomic mass is 16.5. The number of nitrogens with two attached hydrogens (primary N) is 1. The standard InChI is InChI=1S/C12H24N2O2/c1-3-10(13)9-12(15)14-7-5-11(6-8-14)16-4-2/h10-11H,3-9,13H2,1-2H3. The molecule has 0 bridgehead atoms. The van der Waals surface area contributed by atoms with Crippen LogP contribution in [0.5, 0.6) is 0 Å². The van der Waals surface area contributed by atoms with E-state index < -0.39 is 0 Å². The number of carbonyl (C=O) groups is 1. The predicted molar refractivity (Wildman–Crippen MR) is 64.1 cm³/mol. The molecular formula is C12H24N2O2. The van der Waals surface area contributed by atoms with Crippen LogP contribution in [0.25, 0.3) is 0 Å². The van der Waals surface area contributed by atoms with Crippen LogP contribution in [-0.2, 0) is 9.53 Å². The summed E-state index contributed by atoms with van der Waals surface area (Å²) in [5, 5.41) is 0. The molecule has 1 heterocycles. The van der Waals surface area contributed by atoms with Gasteiger partial charge in [0.1, 0.15) is 0 Å². The lowest BCUT2D eigenvalue weighted by molar-refractivity contribution is -0.134. The van der Waals surface area contributed by atoms with E-state index in [1.165, 1.54) is 0 Å². The summed E-state index contributed by atoms with van der Waals surface area (Å²) in [4.78, 5) is 13.8. The van der Waals surface area contributed by atoms with Gasteiger partial charge in [0.2, 0.25) is 5.91 Å². The number of carbonyl (C=O) groups excluding carboxylic acids is 1. The molecule has 1 aliphatic rings.